The molecule has 2 atom stereocenters. The first-order chi connectivity index (χ1) is 10.2. The molecular weight excluding hydrogens is 329 g/mol. The summed E-state index contributed by atoms with van der Waals surface area (Å²) in [4.78, 5) is 0. The van der Waals surface area contributed by atoms with Gasteiger partial charge in [-0.05, 0) is 64.1 Å². The van der Waals surface area contributed by atoms with Crippen LogP contribution in [0.5, 0.6) is 0 Å². The quantitative estimate of drug-likeness (QED) is 0.842. The Hall–Kier alpha value is -1.19. The van der Waals surface area contributed by atoms with Crippen LogP contribution in [0.15, 0.2) is 46.9 Å². The molecule has 1 N–H and O–H groups in total. The van der Waals surface area contributed by atoms with Gasteiger partial charge in [-0.2, -0.15) is 0 Å². The minimum atomic E-state index is -0.201. The van der Waals surface area contributed by atoms with Crippen LogP contribution in [0.4, 0.5) is 4.39 Å². The summed E-state index contributed by atoms with van der Waals surface area (Å²) in [6, 6.07) is 14.4. The van der Waals surface area contributed by atoms with Crippen LogP contribution in [0.25, 0.3) is 0 Å². The minimum absolute atomic E-state index is 0.201. The molecule has 2 unspecified atom stereocenters. The minimum Gasteiger partial charge on any atom is -0.313 e. The number of hydrogen-bond donors (Lipinski definition) is 1. The normalized spacial score (nSPS) is 18.0. The van der Waals surface area contributed by atoms with Crippen molar-refractivity contribution in [3.63, 3.8) is 0 Å². The number of likely N-dealkylation sites (N-methyl/N-ethyl adjacent to an activating group) is 1. The van der Waals surface area contributed by atoms with Crippen molar-refractivity contribution < 1.29 is 4.39 Å². The first-order valence-electron chi connectivity index (χ1n) is 7.44. The molecule has 21 heavy (non-hydrogen) atoms. The van der Waals surface area contributed by atoms with E-state index in [9.17, 15) is 4.39 Å². The summed E-state index contributed by atoms with van der Waals surface area (Å²) in [5.74, 6) is 0.359. The van der Waals surface area contributed by atoms with Crippen molar-refractivity contribution in [1.29, 1.82) is 0 Å². The molecule has 0 heterocycles. The van der Waals surface area contributed by atoms with Gasteiger partial charge < -0.3 is 5.32 Å². The van der Waals surface area contributed by atoms with Crippen LogP contribution in [0.2, 0.25) is 0 Å². The van der Waals surface area contributed by atoms with Crippen LogP contribution in [0.1, 0.15) is 29.5 Å². The van der Waals surface area contributed by atoms with Crippen molar-refractivity contribution in [2.75, 3.05) is 6.54 Å². The Kier molecular flexibility index (Phi) is 4.41. The molecular formula is C18H19BrFN. The summed E-state index contributed by atoms with van der Waals surface area (Å²) >= 11 is 3.27. The predicted octanol–water partition coefficient (Wildman–Crippen LogP) is 4.45. The predicted molar refractivity (Wildman–Crippen MR) is 88.2 cm³/mol. The fourth-order valence-electron chi connectivity index (χ4n) is 3.20. The summed E-state index contributed by atoms with van der Waals surface area (Å²) in [7, 11) is 0. The summed E-state index contributed by atoms with van der Waals surface area (Å²) in [6.45, 7) is 3.09. The van der Waals surface area contributed by atoms with E-state index in [-0.39, 0.29) is 5.82 Å². The van der Waals surface area contributed by atoms with Gasteiger partial charge in [-0.25, -0.2) is 4.39 Å². The van der Waals surface area contributed by atoms with Crippen LogP contribution in [-0.2, 0) is 12.8 Å². The zero-order chi connectivity index (χ0) is 14.8. The maximum absolute atomic E-state index is 13.4. The van der Waals surface area contributed by atoms with E-state index >= 15 is 0 Å². The van der Waals surface area contributed by atoms with E-state index in [1.165, 1.54) is 22.8 Å². The van der Waals surface area contributed by atoms with Crippen LogP contribution in [0, 0.1) is 5.82 Å². The van der Waals surface area contributed by atoms with Gasteiger partial charge in [0.25, 0.3) is 0 Å². The van der Waals surface area contributed by atoms with Gasteiger partial charge >= 0.3 is 0 Å². The zero-order valence-electron chi connectivity index (χ0n) is 12.1. The molecule has 3 rings (SSSR count). The van der Waals surface area contributed by atoms with Crippen molar-refractivity contribution >= 4 is 15.9 Å². The fraction of sp³-hybridized carbons (Fsp3) is 0.333. The Morgan fingerprint density at radius 1 is 1.29 bits per heavy atom. The highest BCUT2D eigenvalue weighted by Gasteiger charge is 2.32. The molecule has 0 radical (unpaired) electrons. The van der Waals surface area contributed by atoms with E-state index in [1.807, 2.05) is 12.1 Å². The van der Waals surface area contributed by atoms with Gasteiger partial charge in [0.05, 0.1) is 4.47 Å². The topological polar surface area (TPSA) is 12.0 Å². The van der Waals surface area contributed by atoms with E-state index in [1.54, 1.807) is 0 Å². The summed E-state index contributed by atoms with van der Waals surface area (Å²) in [6.07, 6.45) is 2.06. The SMILES string of the molecule is CCNC(Cc1ccc(F)c(Br)c1)C1Cc2ccccc21. The van der Waals surface area contributed by atoms with Gasteiger partial charge in [-0.15, -0.1) is 0 Å². The molecule has 0 amide bonds. The molecule has 0 aliphatic heterocycles. The summed E-state index contributed by atoms with van der Waals surface area (Å²) in [5.41, 5.74) is 4.09. The first-order valence-corrected chi connectivity index (χ1v) is 8.23. The molecule has 1 nitrogen and oxygen atoms in total. The highest BCUT2D eigenvalue weighted by Crippen LogP contribution is 2.38. The lowest BCUT2D eigenvalue weighted by Crippen LogP contribution is -2.41. The van der Waals surface area contributed by atoms with Crippen LogP contribution in [-0.4, -0.2) is 12.6 Å². The van der Waals surface area contributed by atoms with Crippen LogP contribution >= 0.6 is 15.9 Å². The molecule has 2 aromatic carbocycles. The Labute approximate surface area is 133 Å². The van der Waals surface area contributed by atoms with Gasteiger partial charge in [0.2, 0.25) is 0 Å². The second kappa shape index (κ2) is 6.29. The van der Waals surface area contributed by atoms with Crippen molar-refractivity contribution in [1.82, 2.24) is 5.32 Å². The molecule has 0 bridgehead atoms. The number of hydrogen-bond acceptors (Lipinski definition) is 1. The third-order valence-electron chi connectivity index (χ3n) is 4.29. The second-order valence-corrected chi connectivity index (χ2v) is 6.48. The number of rotatable bonds is 5. The number of benzene rings is 2. The monoisotopic (exact) mass is 347 g/mol. The standard InChI is InChI=1S/C18H19BrFN/c1-2-21-18(10-12-7-8-17(20)16(19)9-12)15-11-13-5-3-4-6-14(13)15/h3-9,15,18,21H,2,10-11H2,1H3. The molecule has 0 fully saturated rings. The Bertz CT molecular complexity index is 641. The largest absolute Gasteiger partial charge is 0.313 e. The number of fused-ring (bicyclic) bond motifs is 1. The van der Waals surface area contributed by atoms with Crippen LogP contribution < -0.4 is 5.32 Å². The van der Waals surface area contributed by atoms with E-state index in [0.717, 1.165) is 19.4 Å². The molecule has 0 spiro atoms. The summed E-state index contributed by atoms with van der Waals surface area (Å²) < 4.78 is 13.9. The van der Waals surface area contributed by atoms with E-state index in [2.05, 4.69) is 52.4 Å². The zero-order valence-corrected chi connectivity index (χ0v) is 13.7. The van der Waals surface area contributed by atoms with Crippen molar-refractivity contribution in [3.8, 4) is 0 Å². The van der Waals surface area contributed by atoms with Gasteiger partial charge in [0.15, 0.2) is 0 Å². The van der Waals surface area contributed by atoms with Gasteiger partial charge in [0, 0.05) is 12.0 Å². The molecule has 1 aliphatic carbocycles. The maximum Gasteiger partial charge on any atom is 0.137 e. The highest BCUT2D eigenvalue weighted by atomic mass is 79.9. The third kappa shape index (κ3) is 3.04. The fourth-order valence-corrected chi connectivity index (χ4v) is 3.62. The van der Waals surface area contributed by atoms with Crippen molar-refractivity contribution in [2.24, 2.45) is 0 Å². The lowest BCUT2D eigenvalue weighted by Gasteiger charge is -2.37. The van der Waals surface area contributed by atoms with E-state index < -0.39 is 0 Å². The lowest BCUT2D eigenvalue weighted by molar-refractivity contribution is 0.404. The number of halogens is 2. The average molecular weight is 348 g/mol. The van der Waals surface area contributed by atoms with Gasteiger partial charge in [0.1, 0.15) is 5.82 Å². The molecule has 110 valence electrons. The Morgan fingerprint density at radius 2 is 2.10 bits per heavy atom. The third-order valence-corrected chi connectivity index (χ3v) is 4.89. The van der Waals surface area contributed by atoms with Crippen molar-refractivity contribution in [2.45, 2.75) is 31.7 Å². The molecule has 0 aromatic heterocycles. The van der Waals surface area contributed by atoms with Crippen LogP contribution in [0.3, 0.4) is 0 Å². The molecule has 2 aromatic rings. The Morgan fingerprint density at radius 3 is 2.81 bits per heavy atom. The smallest absolute Gasteiger partial charge is 0.137 e. The summed E-state index contributed by atoms with van der Waals surface area (Å²) in [5, 5.41) is 3.60. The number of nitrogens with one attached hydrogen (secondary N) is 1. The second-order valence-electron chi connectivity index (χ2n) is 5.63. The highest BCUT2D eigenvalue weighted by molar-refractivity contribution is 9.10. The molecule has 3 heteroatoms. The van der Waals surface area contributed by atoms with E-state index in [0.29, 0.717) is 16.4 Å². The maximum atomic E-state index is 13.4. The van der Waals surface area contributed by atoms with Gasteiger partial charge in [-0.3, -0.25) is 0 Å². The van der Waals surface area contributed by atoms with E-state index in [4.69, 9.17) is 0 Å². The van der Waals surface area contributed by atoms with Gasteiger partial charge in [-0.1, -0.05) is 37.3 Å². The Balaban J connectivity index is 1.78. The average Bonchev–Trinajstić information content (AvgIpc) is 2.44. The van der Waals surface area contributed by atoms with Crippen molar-refractivity contribution in [3.05, 3.63) is 69.4 Å². The lowest BCUT2D eigenvalue weighted by atomic mass is 9.72. The molecule has 0 saturated heterocycles. The molecule has 1 aliphatic rings. The molecule has 0 saturated carbocycles. The first kappa shape index (κ1) is 14.7.